The molecule has 0 aliphatic carbocycles. The number of halogens is 1. The van der Waals surface area contributed by atoms with E-state index in [0.717, 1.165) is 31.3 Å². The Morgan fingerprint density at radius 2 is 1.73 bits per heavy atom. The van der Waals surface area contributed by atoms with Gasteiger partial charge in [0, 0.05) is 20.0 Å². The van der Waals surface area contributed by atoms with E-state index >= 15 is 0 Å². The van der Waals surface area contributed by atoms with Crippen molar-refractivity contribution in [2.45, 2.75) is 6.42 Å². The Balaban J connectivity index is 2.29. The number of fused-ring (bicyclic) bond motifs is 1. The number of benzene rings is 2. The first-order valence-electron chi connectivity index (χ1n) is 7.80. The predicted octanol–water partition coefficient (Wildman–Crippen LogP) is 4.09. The van der Waals surface area contributed by atoms with E-state index in [1.165, 1.54) is 0 Å². The van der Waals surface area contributed by atoms with Gasteiger partial charge in [0.25, 0.3) is 0 Å². The van der Waals surface area contributed by atoms with E-state index in [0.29, 0.717) is 17.2 Å². The number of carboxylic acid groups (broad SMARTS) is 1. The standard InChI is InChI=1S/C19H18INO5/c1-24-15-6-10(7-16(25-2)19(15)26-3)18-13(9-17(22)23)12-8-11(20)4-5-14(12)21-18/h4-8,21H,9H2,1-3H3,(H,22,23). The number of carbonyl (C=O) groups is 1. The van der Waals surface area contributed by atoms with E-state index in [1.54, 1.807) is 21.3 Å². The summed E-state index contributed by atoms with van der Waals surface area (Å²) in [5, 5.41) is 10.3. The number of ether oxygens (including phenoxy) is 3. The van der Waals surface area contributed by atoms with Crippen molar-refractivity contribution in [1.82, 2.24) is 4.98 Å². The minimum absolute atomic E-state index is 0.0912. The van der Waals surface area contributed by atoms with Crippen LogP contribution < -0.4 is 14.2 Å². The van der Waals surface area contributed by atoms with Crippen LogP contribution in [0.25, 0.3) is 22.2 Å². The minimum atomic E-state index is -0.890. The van der Waals surface area contributed by atoms with Crippen LogP contribution >= 0.6 is 22.6 Å². The van der Waals surface area contributed by atoms with E-state index in [4.69, 9.17) is 14.2 Å². The van der Waals surface area contributed by atoms with Crippen LogP contribution in [0.4, 0.5) is 0 Å². The van der Waals surface area contributed by atoms with Crippen LogP contribution in [0, 0.1) is 3.57 Å². The molecule has 3 aromatic rings. The normalized spacial score (nSPS) is 10.8. The van der Waals surface area contributed by atoms with Gasteiger partial charge in [-0.15, -0.1) is 0 Å². The number of methoxy groups -OCH3 is 3. The van der Waals surface area contributed by atoms with Crippen molar-refractivity contribution < 1.29 is 24.1 Å². The molecule has 0 aliphatic rings. The van der Waals surface area contributed by atoms with Crippen LogP contribution in [0.1, 0.15) is 5.56 Å². The lowest BCUT2D eigenvalue weighted by atomic mass is 10.0. The van der Waals surface area contributed by atoms with Crippen LogP contribution in [0.2, 0.25) is 0 Å². The van der Waals surface area contributed by atoms with Gasteiger partial charge in [-0.2, -0.15) is 0 Å². The molecule has 0 fully saturated rings. The maximum atomic E-state index is 11.4. The number of hydrogen-bond donors (Lipinski definition) is 2. The van der Waals surface area contributed by atoms with Gasteiger partial charge in [0.05, 0.1) is 33.4 Å². The molecule has 3 rings (SSSR count). The molecule has 0 atom stereocenters. The summed E-state index contributed by atoms with van der Waals surface area (Å²) < 4.78 is 17.2. The first-order chi connectivity index (χ1) is 12.5. The van der Waals surface area contributed by atoms with Crippen LogP contribution in [-0.4, -0.2) is 37.4 Å². The third kappa shape index (κ3) is 3.31. The van der Waals surface area contributed by atoms with Gasteiger partial charge in [0.15, 0.2) is 11.5 Å². The van der Waals surface area contributed by atoms with Crippen molar-refractivity contribution in [1.29, 1.82) is 0 Å². The monoisotopic (exact) mass is 467 g/mol. The smallest absolute Gasteiger partial charge is 0.307 e. The Kier molecular flexibility index (Phi) is 5.26. The Bertz CT molecular complexity index is 954. The number of aromatic amines is 1. The summed E-state index contributed by atoms with van der Waals surface area (Å²) in [5.74, 6) is 0.621. The fraction of sp³-hybridized carbons (Fsp3) is 0.211. The number of aliphatic carboxylic acids is 1. The zero-order valence-electron chi connectivity index (χ0n) is 14.6. The molecule has 136 valence electrons. The Morgan fingerprint density at radius 1 is 1.08 bits per heavy atom. The van der Waals surface area contributed by atoms with Gasteiger partial charge >= 0.3 is 5.97 Å². The third-order valence-corrected chi connectivity index (χ3v) is 4.82. The molecular formula is C19H18INO5. The average molecular weight is 467 g/mol. The topological polar surface area (TPSA) is 80.8 Å². The quantitative estimate of drug-likeness (QED) is 0.534. The van der Waals surface area contributed by atoms with Gasteiger partial charge in [-0.05, 0) is 58.5 Å². The summed E-state index contributed by atoms with van der Waals surface area (Å²) in [5.41, 5.74) is 3.09. The summed E-state index contributed by atoms with van der Waals surface area (Å²) >= 11 is 2.22. The van der Waals surface area contributed by atoms with Crippen molar-refractivity contribution in [3.05, 3.63) is 39.5 Å². The number of rotatable bonds is 6. The van der Waals surface area contributed by atoms with Gasteiger partial charge in [0.1, 0.15) is 0 Å². The van der Waals surface area contributed by atoms with E-state index in [9.17, 15) is 9.90 Å². The Hall–Kier alpha value is -2.42. The summed E-state index contributed by atoms with van der Waals surface area (Å²) in [4.78, 5) is 14.8. The molecule has 2 aromatic carbocycles. The fourth-order valence-corrected chi connectivity index (χ4v) is 3.52. The first kappa shape index (κ1) is 18.4. The van der Waals surface area contributed by atoms with Gasteiger partial charge < -0.3 is 24.3 Å². The molecule has 1 heterocycles. The second-order valence-corrected chi connectivity index (χ2v) is 6.90. The van der Waals surface area contributed by atoms with Gasteiger partial charge in [-0.25, -0.2) is 0 Å². The Labute approximate surface area is 164 Å². The van der Waals surface area contributed by atoms with Gasteiger partial charge in [-0.3, -0.25) is 4.79 Å². The van der Waals surface area contributed by atoms with Crippen LogP contribution in [0.15, 0.2) is 30.3 Å². The maximum absolute atomic E-state index is 11.4. The van der Waals surface area contributed by atoms with E-state index < -0.39 is 5.97 Å². The number of carboxylic acids is 1. The molecule has 0 bridgehead atoms. The van der Waals surface area contributed by atoms with Crippen molar-refractivity contribution in [3.63, 3.8) is 0 Å². The zero-order chi connectivity index (χ0) is 18.8. The lowest BCUT2D eigenvalue weighted by Crippen LogP contribution is -2.01. The van der Waals surface area contributed by atoms with E-state index in [1.807, 2.05) is 30.3 Å². The summed E-state index contributed by atoms with van der Waals surface area (Å²) in [6.45, 7) is 0. The molecule has 0 saturated carbocycles. The summed E-state index contributed by atoms with van der Waals surface area (Å²) in [7, 11) is 4.64. The van der Waals surface area contributed by atoms with Crippen molar-refractivity contribution in [2.24, 2.45) is 0 Å². The molecule has 2 N–H and O–H groups in total. The Morgan fingerprint density at radius 3 is 2.27 bits per heavy atom. The highest BCUT2D eigenvalue weighted by Crippen LogP contribution is 2.42. The van der Waals surface area contributed by atoms with Gasteiger partial charge in [0.2, 0.25) is 5.75 Å². The largest absolute Gasteiger partial charge is 0.493 e. The lowest BCUT2D eigenvalue weighted by Gasteiger charge is -2.14. The minimum Gasteiger partial charge on any atom is -0.493 e. The lowest BCUT2D eigenvalue weighted by molar-refractivity contribution is -0.136. The molecule has 6 nitrogen and oxygen atoms in total. The number of aromatic nitrogens is 1. The predicted molar refractivity (Wildman–Crippen MR) is 107 cm³/mol. The number of hydrogen-bond acceptors (Lipinski definition) is 4. The highest BCUT2D eigenvalue weighted by Gasteiger charge is 2.20. The van der Waals surface area contributed by atoms with E-state index in [-0.39, 0.29) is 6.42 Å². The highest BCUT2D eigenvalue weighted by atomic mass is 127. The number of nitrogens with one attached hydrogen (secondary N) is 1. The molecule has 1 aromatic heterocycles. The van der Waals surface area contributed by atoms with Crippen molar-refractivity contribution >= 4 is 39.5 Å². The first-order valence-corrected chi connectivity index (χ1v) is 8.88. The SMILES string of the molecule is COc1cc(-c2[nH]c3ccc(I)cc3c2CC(=O)O)cc(OC)c1OC. The molecule has 0 aliphatic heterocycles. The zero-order valence-corrected chi connectivity index (χ0v) is 16.7. The molecule has 0 saturated heterocycles. The van der Waals surface area contributed by atoms with Gasteiger partial charge in [-0.1, -0.05) is 0 Å². The molecule has 0 unspecified atom stereocenters. The van der Waals surface area contributed by atoms with Crippen LogP contribution in [-0.2, 0) is 11.2 Å². The van der Waals surface area contributed by atoms with Crippen molar-refractivity contribution in [3.8, 4) is 28.5 Å². The molecule has 7 heteroatoms. The molecule has 0 spiro atoms. The summed E-state index contributed by atoms with van der Waals surface area (Å²) in [6.07, 6.45) is -0.0912. The second kappa shape index (κ2) is 7.45. The maximum Gasteiger partial charge on any atom is 0.307 e. The van der Waals surface area contributed by atoms with E-state index in [2.05, 4.69) is 27.6 Å². The fourth-order valence-electron chi connectivity index (χ4n) is 3.03. The highest BCUT2D eigenvalue weighted by molar-refractivity contribution is 14.1. The van der Waals surface area contributed by atoms with Crippen molar-refractivity contribution in [2.75, 3.05) is 21.3 Å². The molecule has 0 amide bonds. The van der Waals surface area contributed by atoms with Crippen LogP contribution in [0.5, 0.6) is 17.2 Å². The average Bonchev–Trinajstić information content (AvgIpc) is 2.97. The number of H-pyrrole nitrogens is 1. The summed E-state index contributed by atoms with van der Waals surface area (Å²) in [6, 6.07) is 9.52. The second-order valence-electron chi connectivity index (χ2n) is 5.65. The van der Waals surface area contributed by atoms with Crippen LogP contribution in [0.3, 0.4) is 0 Å². The molecule has 0 radical (unpaired) electrons. The molecular weight excluding hydrogens is 449 g/mol. The molecule has 26 heavy (non-hydrogen) atoms. The third-order valence-electron chi connectivity index (χ3n) is 4.15.